The average Bonchev–Trinajstić information content (AvgIpc) is 3.11. The highest BCUT2D eigenvalue weighted by Crippen LogP contribution is 2.27. The second kappa shape index (κ2) is 8.90. The molecule has 1 N–H and O–H groups in total. The molecule has 0 aliphatic heterocycles. The number of halogens is 1. The first kappa shape index (κ1) is 20.4. The molecule has 152 valence electrons. The van der Waals surface area contributed by atoms with Crippen LogP contribution in [0, 0.1) is 13.8 Å². The van der Waals surface area contributed by atoms with Crippen molar-refractivity contribution in [2.24, 2.45) is 0 Å². The molecule has 2 aromatic carbocycles. The van der Waals surface area contributed by atoms with Gasteiger partial charge in [-0.3, -0.25) is 4.79 Å². The van der Waals surface area contributed by atoms with Gasteiger partial charge in [0.2, 0.25) is 5.89 Å². The lowest BCUT2D eigenvalue weighted by Crippen LogP contribution is -2.17. The summed E-state index contributed by atoms with van der Waals surface area (Å²) in [7, 11) is 0. The van der Waals surface area contributed by atoms with Crippen molar-refractivity contribution in [2.75, 3.05) is 0 Å². The number of aromatic nitrogens is 3. The normalized spacial score (nSPS) is 11.0. The van der Waals surface area contributed by atoms with Crippen LogP contribution in [0.25, 0.3) is 11.5 Å². The highest BCUT2D eigenvalue weighted by atomic mass is 35.5. The molecule has 4 aromatic rings. The molecule has 0 saturated heterocycles. The van der Waals surface area contributed by atoms with Crippen LogP contribution in [0.2, 0.25) is 5.02 Å². The van der Waals surface area contributed by atoms with Crippen LogP contribution in [0.4, 0.5) is 0 Å². The molecule has 0 radical (unpaired) electrons. The Morgan fingerprint density at radius 3 is 2.47 bits per heavy atom. The first-order chi connectivity index (χ1) is 14.5. The van der Waals surface area contributed by atoms with Crippen molar-refractivity contribution in [1.82, 2.24) is 15.0 Å². The van der Waals surface area contributed by atoms with E-state index in [1.807, 2.05) is 56.3 Å². The molecule has 2 aromatic heterocycles. The number of oxazole rings is 1. The molecular weight excluding hydrogens is 418 g/mol. The summed E-state index contributed by atoms with van der Waals surface area (Å²) in [5, 5.41) is 1.24. The molecule has 4 rings (SSSR count). The molecular formula is C23H20ClN3O2S. The molecule has 2 heterocycles. The summed E-state index contributed by atoms with van der Waals surface area (Å²) in [5.41, 5.74) is 4.09. The Balaban J connectivity index is 1.49. The summed E-state index contributed by atoms with van der Waals surface area (Å²) >= 11 is 7.38. The number of aryl methyl sites for hydroxylation is 2. The number of H-pyrrole nitrogens is 1. The Morgan fingerprint density at radius 1 is 1.03 bits per heavy atom. The summed E-state index contributed by atoms with van der Waals surface area (Å²) < 4.78 is 5.80. The van der Waals surface area contributed by atoms with E-state index in [0.717, 1.165) is 28.3 Å². The van der Waals surface area contributed by atoms with Crippen LogP contribution in [0.1, 0.15) is 28.3 Å². The van der Waals surface area contributed by atoms with Gasteiger partial charge >= 0.3 is 0 Å². The molecule has 0 aliphatic rings. The van der Waals surface area contributed by atoms with Gasteiger partial charge in [0.15, 0.2) is 5.16 Å². The summed E-state index contributed by atoms with van der Waals surface area (Å²) in [4.78, 5) is 24.7. The lowest BCUT2D eigenvalue weighted by molar-refractivity contribution is 0.540. The fourth-order valence-electron chi connectivity index (χ4n) is 3.08. The Hall–Kier alpha value is -2.83. The van der Waals surface area contributed by atoms with E-state index in [1.165, 1.54) is 11.8 Å². The second-order valence-corrected chi connectivity index (χ2v) is 8.32. The number of nitrogens with one attached hydrogen (secondary N) is 1. The van der Waals surface area contributed by atoms with E-state index in [9.17, 15) is 4.79 Å². The quantitative estimate of drug-likeness (QED) is 0.315. The standard InChI is InChI=1S/C23H20ClN3O2S/c1-14-19(12-16-6-4-3-5-7-16)21(28)27-23(25-14)30-13-20-15(2)29-22(26-20)17-8-10-18(24)11-9-17/h3-11H,12-13H2,1-2H3,(H,25,27,28). The van der Waals surface area contributed by atoms with Gasteiger partial charge < -0.3 is 9.40 Å². The molecule has 0 atom stereocenters. The number of hydrogen-bond acceptors (Lipinski definition) is 5. The minimum absolute atomic E-state index is 0.104. The van der Waals surface area contributed by atoms with Crippen LogP contribution >= 0.6 is 23.4 Å². The fraction of sp³-hybridized carbons (Fsp3) is 0.174. The molecule has 0 fully saturated rings. The molecule has 0 aliphatic carbocycles. The van der Waals surface area contributed by atoms with Crippen LogP contribution in [0.3, 0.4) is 0 Å². The van der Waals surface area contributed by atoms with Crippen LogP contribution in [-0.4, -0.2) is 15.0 Å². The smallest absolute Gasteiger partial charge is 0.255 e. The maximum atomic E-state index is 12.6. The van der Waals surface area contributed by atoms with Crippen LogP contribution in [-0.2, 0) is 12.2 Å². The van der Waals surface area contributed by atoms with Crippen LogP contribution in [0.5, 0.6) is 0 Å². The Morgan fingerprint density at radius 2 is 1.77 bits per heavy atom. The molecule has 0 amide bonds. The van der Waals surface area contributed by atoms with Gasteiger partial charge in [-0.25, -0.2) is 9.97 Å². The van der Waals surface area contributed by atoms with Gasteiger partial charge in [0.1, 0.15) is 5.76 Å². The van der Waals surface area contributed by atoms with Gasteiger partial charge in [0, 0.05) is 34.0 Å². The summed E-state index contributed by atoms with van der Waals surface area (Å²) in [6, 6.07) is 17.3. The third-order valence-corrected chi connectivity index (χ3v) is 5.89. The predicted octanol–water partition coefficient (Wildman–Crippen LogP) is 5.58. The molecule has 5 nitrogen and oxygen atoms in total. The second-order valence-electron chi connectivity index (χ2n) is 6.91. The van der Waals surface area contributed by atoms with Crippen molar-refractivity contribution in [3.05, 3.63) is 98.2 Å². The number of benzene rings is 2. The summed E-state index contributed by atoms with van der Waals surface area (Å²) in [6.45, 7) is 3.75. The largest absolute Gasteiger partial charge is 0.441 e. The number of nitrogens with zero attached hydrogens (tertiary/aromatic N) is 2. The van der Waals surface area contributed by atoms with E-state index in [1.54, 1.807) is 12.1 Å². The molecule has 0 bridgehead atoms. The van der Waals surface area contributed by atoms with Crippen molar-refractivity contribution in [1.29, 1.82) is 0 Å². The number of rotatable bonds is 6. The average molecular weight is 438 g/mol. The predicted molar refractivity (Wildman–Crippen MR) is 120 cm³/mol. The van der Waals surface area contributed by atoms with Crippen molar-refractivity contribution in [3.8, 4) is 11.5 Å². The zero-order valence-corrected chi connectivity index (χ0v) is 18.2. The fourth-order valence-corrected chi connectivity index (χ4v) is 4.11. The third-order valence-electron chi connectivity index (χ3n) is 4.75. The zero-order valence-electron chi connectivity index (χ0n) is 16.6. The number of thioether (sulfide) groups is 1. The topological polar surface area (TPSA) is 71.8 Å². The maximum absolute atomic E-state index is 12.6. The van der Waals surface area contributed by atoms with E-state index in [4.69, 9.17) is 16.0 Å². The van der Waals surface area contributed by atoms with E-state index in [-0.39, 0.29) is 5.56 Å². The zero-order chi connectivity index (χ0) is 21.1. The number of aromatic amines is 1. The van der Waals surface area contributed by atoms with Gasteiger partial charge in [-0.15, -0.1) is 0 Å². The Kier molecular flexibility index (Phi) is 6.06. The lowest BCUT2D eigenvalue weighted by atomic mass is 10.1. The van der Waals surface area contributed by atoms with Gasteiger partial charge in [-0.2, -0.15) is 0 Å². The highest BCUT2D eigenvalue weighted by molar-refractivity contribution is 7.98. The third kappa shape index (κ3) is 4.66. The molecule has 0 unspecified atom stereocenters. The van der Waals surface area contributed by atoms with E-state index >= 15 is 0 Å². The van der Waals surface area contributed by atoms with Crippen molar-refractivity contribution in [2.45, 2.75) is 31.2 Å². The highest BCUT2D eigenvalue weighted by Gasteiger charge is 2.14. The van der Waals surface area contributed by atoms with E-state index in [0.29, 0.717) is 33.8 Å². The van der Waals surface area contributed by atoms with Crippen molar-refractivity contribution >= 4 is 23.4 Å². The Labute approximate surface area is 183 Å². The molecule has 7 heteroatoms. The molecule has 0 spiro atoms. The van der Waals surface area contributed by atoms with E-state index < -0.39 is 0 Å². The van der Waals surface area contributed by atoms with Gasteiger partial charge in [0.05, 0.1) is 5.69 Å². The monoisotopic (exact) mass is 437 g/mol. The van der Waals surface area contributed by atoms with Crippen LogP contribution in [0.15, 0.2) is 69.0 Å². The van der Waals surface area contributed by atoms with Crippen LogP contribution < -0.4 is 5.56 Å². The minimum atomic E-state index is -0.104. The summed E-state index contributed by atoms with van der Waals surface area (Å²) in [6.07, 6.45) is 0.562. The number of hydrogen-bond donors (Lipinski definition) is 1. The van der Waals surface area contributed by atoms with Gasteiger partial charge in [0.25, 0.3) is 5.56 Å². The lowest BCUT2D eigenvalue weighted by Gasteiger charge is -2.07. The van der Waals surface area contributed by atoms with Crippen molar-refractivity contribution < 1.29 is 4.42 Å². The van der Waals surface area contributed by atoms with Crippen molar-refractivity contribution in [3.63, 3.8) is 0 Å². The Bertz CT molecular complexity index is 1220. The molecule has 0 saturated carbocycles. The van der Waals surface area contributed by atoms with Gasteiger partial charge in [-0.1, -0.05) is 53.7 Å². The maximum Gasteiger partial charge on any atom is 0.255 e. The molecule has 30 heavy (non-hydrogen) atoms. The minimum Gasteiger partial charge on any atom is -0.441 e. The first-order valence-electron chi connectivity index (χ1n) is 9.48. The van der Waals surface area contributed by atoms with E-state index in [2.05, 4.69) is 15.0 Å². The first-order valence-corrected chi connectivity index (χ1v) is 10.8. The van der Waals surface area contributed by atoms with Gasteiger partial charge in [-0.05, 0) is 43.7 Å². The SMILES string of the molecule is Cc1nc(SCc2nc(-c3ccc(Cl)cc3)oc2C)[nH]c(=O)c1Cc1ccccc1. The summed E-state index contributed by atoms with van der Waals surface area (Å²) in [5.74, 6) is 1.84.